The number of carbonyl (C=O) groups excluding carboxylic acids is 2. The van der Waals surface area contributed by atoms with Crippen molar-refractivity contribution in [2.45, 2.75) is 244 Å². The third-order valence-electron chi connectivity index (χ3n) is 14.5. The highest BCUT2D eigenvalue weighted by molar-refractivity contribution is 5.88. The fraction of sp³-hybridized carbons (Fsp3) is 0.938. The van der Waals surface area contributed by atoms with Gasteiger partial charge in [0, 0.05) is 51.0 Å². The summed E-state index contributed by atoms with van der Waals surface area (Å²) in [5, 5.41) is 53.5. The fourth-order valence-corrected chi connectivity index (χ4v) is 10.8. The summed E-state index contributed by atoms with van der Waals surface area (Å²) < 4.78 is 50.8. The van der Waals surface area contributed by atoms with Crippen molar-refractivity contribution < 1.29 is 72.7 Å². The molecule has 0 amide bonds. The zero-order chi connectivity index (χ0) is 49.0. The number of aliphatic hydroxyl groups excluding tert-OH is 2. The lowest BCUT2D eigenvalue weighted by Gasteiger charge is -2.49. The van der Waals surface area contributed by atoms with Gasteiger partial charge in [-0.25, -0.2) is 0 Å². The van der Waals surface area contributed by atoms with E-state index in [0.717, 1.165) is 19.3 Å². The molecule has 0 aromatic carbocycles. The van der Waals surface area contributed by atoms with Gasteiger partial charge in [0.2, 0.25) is 5.79 Å². The molecule has 3 aliphatic heterocycles. The average Bonchev–Trinajstić information content (AvgIpc) is 3.21. The van der Waals surface area contributed by atoms with Crippen molar-refractivity contribution in [2.24, 2.45) is 28.8 Å². The number of likely N-dealkylation sites (N-methyl/N-ethyl adjacent to an activating group) is 1. The Bertz CT molecular complexity index is 1570. The van der Waals surface area contributed by atoms with Gasteiger partial charge >= 0.3 is 11.9 Å². The van der Waals surface area contributed by atoms with Gasteiger partial charge in [-0.1, -0.05) is 39.3 Å². The van der Waals surface area contributed by atoms with Crippen molar-refractivity contribution in [3.63, 3.8) is 0 Å². The number of nitrogens with zero attached hydrogens (tertiary/aromatic N) is 2. The van der Waals surface area contributed by atoms with Crippen molar-refractivity contribution in [2.75, 3.05) is 21.2 Å². The normalized spacial score (nSPS) is 44.4. The van der Waals surface area contributed by atoms with E-state index in [4.69, 9.17) is 47.9 Å². The molecule has 378 valence electrons. The largest absolute Gasteiger partial charge is 0.459 e. The molecule has 0 spiro atoms. The van der Waals surface area contributed by atoms with Gasteiger partial charge in [0.15, 0.2) is 18.7 Å². The molecule has 17 heteroatoms. The highest BCUT2D eigenvalue weighted by Gasteiger charge is 2.54. The molecule has 0 bridgehead atoms. The molecule has 65 heavy (non-hydrogen) atoms. The van der Waals surface area contributed by atoms with Crippen LogP contribution in [0.25, 0.3) is 0 Å². The molecule has 4 fully saturated rings. The average molecular weight is 931 g/mol. The van der Waals surface area contributed by atoms with Crippen LogP contribution in [0.3, 0.4) is 0 Å². The molecule has 0 aromatic rings. The summed E-state index contributed by atoms with van der Waals surface area (Å²) in [5.74, 6) is -5.78. The zero-order valence-corrected chi connectivity index (χ0v) is 42.3. The first kappa shape index (κ1) is 55.6. The highest BCUT2D eigenvalue weighted by Crippen LogP contribution is 2.42. The molecular weight excluding hydrogens is 845 g/mol. The van der Waals surface area contributed by atoms with Gasteiger partial charge in [0.05, 0.1) is 65.5 Å². The van der Waals surface area contributed by atoms with E-state index in [1.54, 1.807) is 48.5 Å². The van der Waals surface area contributed by atoms with Crippen LogP contribution in [-0.2, 0) is 52.3 Å². The second kappa shape index (κ2) is 22.6. The van der Waals surface area contributed by atoms with Crippen LogP contribution >= 0.6 is 0 Å². The predicted molar refractivity (Wildman–Crippen MR) is 241 cm³/mol. The Balaban J connectivity index is 1.94. The van der Waals surface area contributed by atoms with Crippen LogP contribution in [0.15, 0.2) is 5.16 Å². The molecule has 3 heterocycles. The molecule has 4 rings (SSSR count). The van der Waals surface area contributed by atoms with Crippen molar-refractivity contribution in [1.82, 2.24) is 4.90 Å². The quantitative estimate of drug-likeness (QED) is 0.112. The lowest BCUT2D eigenvalue weighted by Crippen LogP contribution is -2.61. The first-order chi connectivity index (χ1) is 30.1. The minimum atomic E-state index is -1.98. The molecule has 4 N–H and O–H groups in total. The zero-order valence-electron chi connectivity index (χ0n) is 42.3. The van der Waals surface area contributed by atoms with Crippen molar-refractivity contribution in [3.05, 3.63) is 0 Å². The number of oxime groups is 1. The van der Waals surface area contributed by atoms with Gasteiger partial charge in [-0.05, 0) is 102 Å². The molecule has 2 unspecified atom stereocenters. The maximum absolute atomic E-state index is 14.6. The summed E-state index contributed by atoms with van der Waals surface area (Å²) in [7, 11) is 5.26. The number of rotatable bonds is 12. The number of hydrogen-bond donors (Lipinski definition) is 4. The second-order valence-corrected chi connectivity index (χ2v) is 20.9. The number of cyclic esters (lactones) is 1. The van der Waals surface area contributed by atoms with Crippen LogP contribution < -0.4 is 0 Å². The molecule has 0 radical (unpaired) electrons. The van der Waals surface area contributed by atoms with E-state index in [9.17, 15) is 30.0 Å². The summed E-state index contributed by atoms with van der Waals surface area (Å²) in [4.78, 5) is 35.7. The van der Waals surface area contributed by atoms with E-state index in [0.29, 0.717) is 25.0 Å². The number of methoxy groups -OCH3 is 1. The highest BCUT2D eigenvalue weighted by atomic mass is 16.8. The molecule has 1 aliphatic carbocycles. The maximum atomic E-state index is 14.6. The SMILES string of the molecule is CC[C@H]1OC(=O)[C@H](C)[C@@H](OC2C[C@@](C)(OC)[C@@H](O)[C@H](C)O2)[C@H](C)[C@@H](OC2O[C@H](C)C[C@H](N(C)C)[C@H]2OC(C)=O)[C@](C)(O)C[C@@H](C)/C(=N\OC2(OC(C)C)CCCCC2)[C@H](C)[C@@H](O)[C@]1(C)O. The lowest BCUT2D eigenvalue weighted by molar-refractivity contribution is -0.318. The second-order valence-electron chi connectivity index (χ2n) is 20.9. The lowest BCUT2D eigenvalue weighted by atomic mass is 9.73. The van der Waals surface area contributed by atoms with Crippen molar-refractivity contribution in [1.29, 1.82) is 0 Å². The maximum Gasteiger partial charge on any atom is 0.311 e. The van der Waals surface area contributed by atoms with E-state index in [1.165, 1.54) is 21.0 Å². The smallest absolute Gasteiger partial charge is 0.311 e. The summed E-state index contributed by atoms with van der Waals surface area (Å²) in [6.45, 7) is 22.4. The first-order valence-electron chi connectivity index (χ1n) is 24.1. The summed E-state index contributed by atoms with van der Waals surface area (Å²) >= 11 is 0. The third-order valence-corrected chi connectivity index (χ3v) is 14.5. The summed E-state index contributed by atoms with van der Waals surface area (Å²) in [6, 6.07) is -0.321. The molecular formula is C48H86N2O15. The van der Waals surface area contributed by atoms with Crippen LogP contribution in [0.5, 0.6) is 0 Å². The minimum absolute atomic E-state index is 0.0350. The number of ether oxygens (including phenoxy) is 8. The van der Waals surface area contributed by atoms with E-state index >= 15 is 0 Å². The van der Waals surface area contributed by atoms with Gasteiger partial charge in [-0.2, -0.15) is 0 Å². The van der Waals surface area contributed by atoms with Crippen LogP contribution in [0.1, 0.15) is 148 Å². The van der Waals surface area contributed by atoms with E-state index in [2.05, 4.69) is 0 Å². The van der Waals surface area contributed by atoms with Gasteiger partial charge < -0.3 is 68.1 Å². The Kier molecular flexibility index (Phi) is 19.3. The number of esters is 2. The predicted octanol–water partition coefficient (Wildman–Crippen LogP) is 5.25. The third kappa shape index (κ3) is 13.2. The fourth-order valence-electron chi connectivity index (χ4n) is 10.8. The first-order valence-corrected chi connectivity index (χ1v) is 24.1. The Labute approximate surface area is 388 Å². The molecule has 17 nitrogen and oxygen atoms in total. The number of aliphatic hydroxyl groups is 4. The molecule has 18 atom stereocenters. The van der Waals surface area contributed by atoms with Gasteiger partial charge in [0.25, 0.3) is 0 Å². The van der Waals surface area contributed by atoms with Gasteiger partial charge in [-0.3, -0.25) is 9.59 Å². The van der Waals surface area contributed by atoms with Crippen LogP contribution in [0.2, 0.25) is 0 Å². The monoisotopic (exact) mass is 931 g/mol. The van der Waals surface area contributed by atoms with E-state index in [1.807, 2.05) is 46.7 Å². The Morgan fingerprint density at radius 1 is 0.908 bits per heavy atom. The van der Waals surface area contributed by atoms with Crippen molar-refractivity contribution in [3.8, 4) is 0 Å². The topological polar surface area (TPSA) is 214 Å². The molecule has 4 aliphatic rings. The summed E-state index contributed by atoms with van der Waals surface area (Å²) in [5.41, 5.74) is -4.52. The minimum Gasteiger partial charge on any atom is -0.459 e. The number of hydrogen-bond acceptors (Lipinski definition) is 17. The van der Waals surface area contributed by atoms with Gasteiger partial charge in [0.1, 0.15) is 17.8 Å². The molecule has 0 aromatic heterocycles. The van der Waals surface area contributed by atoms with E-state index < -0.39 is 114 Å². The Morgan fingerprint density at radius 3 is 2.09 bits per heavy atom. The standard InChI is InChI=1S/C48H86N2O15/c1-17-35-47(13,56)40(52)29(6)37(49-65-48(64-26(2)3)21-19-18-20-22-48)27(4)24-45(11,55)42(63-44-39(60-33(10)51)34(50(14)15)23-28(5)58-44)30(7)38(31(8)43(54)61-35)62-36-25-46(12,57-16)41(53)32(9)59-36/h26-32,34-36,38-42,44,52-53,55-56H,17-25H2,1-16H3/b49-37+/t27-,28-,29+,30+,31-,32+,34+,35-,36?,38+,39-,40-,41+,42-,44?,45-,46-,47-/m1/s1. The Hall–Kier alpha value is -2.03. The number of carbonyl (C=O) groups is 2. The van der Waals surface area contributed by atoms with Gasteiger partial charge in [-0.15, -0.1) is 0 Å². The molecule has 3 saturated heterocycles. The van der Waals surface area contributed by atoms with Crippen molar-refractivity contribution >= 4 is 17.7 Å². The van der Waals surface area contributed by atoms with Crippen LogP contribution in [-0.4, -0.2) is 160 Å². The van der Waals surface area contributed by atoms with Crippen LogP contribution in [0.4, 0.5) is 0 Å². The van der Waals surface area contributed by atoms with E-state index in [-0.39, 0.29) is 37.5 Å². The Morgan fingerprint density at radius 2 is 1.54 bits per heavy atom. The molecule has 1 saturated carbocycles. The van der Waals surface area contributed by atoms with Crippen LogP contribution in [0, 0.1) is 23.7 Å². The summed E-state index contributed by atoms with van der Waals surface area (Å²) in [6.07, 6.45) is -5.68.